The number of methoxy groups -OCH3 is 1. The molecule has 0 heterocycles. The SMILES string of the molecule is COc1ccc(C2(CN)CC(F)C2)cc1. The van der Waals surface area contributed by atoms with Gasteiger partial charge in [0.2, 0.25) is 0 Å². The van der Waals surface area contributed by atoms with Crippen LogP contribution in [-0.2, 0) is 5.41 Å². The molecule has 82 valence electrons. The summed E-state index contributed by atoms with van der Waals surface area (Å²) in [4.78, 5) is 0. The van der Waals surface area contributed by atoms with E-state index in [0.717, 1.165) is 11.3 Å². The van der Waals surface area contributed by atoms with Gasteiger partial charge in [0, 0.05) is 12.0 Å². The summed E-state index contributed by atoms with van der Waals surface area (Å²) in [6.07, 6.45) is 0.418. The van der Waals surface area contributed by atoms with Crippen molar-refractivity contribution in [3.63, 3.8) is 0 Å². The van der Waals surface area contributed by atoms with Gasteiger partial charge in [-0.3, -0.25) is 0 Å². The lowest BCUT2D eigenvalue weighted by atomic mass is 9.63. The molecule has 1 aliphatic rings. The lowest BCUT2D eigenvalue weighted by Crippen LogP contribution is -2.48. The van der Waals surface area contributed by atoms with E-state index in [2.05, 4.69) is 0 Å². The second kappa shape index (κ2) is 3.81. The molecule has 1 saturated carbocycles. The topological polar surface area (TPSA) is 35.2 Å². The Kier molecular flexibility index (Phi) is 2.65. The van der Waals surface area contributed by atoms with Crippen LogP contribution in [0.5, 0.6) is 5.75 Å². The Hall–Kier alpha value is -1.09. The number of benzene rings is 1. The summed E-state index contributed by atoms with van der Waals surface area (Å²) in [5.74, 6) is 0.821. The molecule has 3 heteroatoms. The van der Waals surface area contributed by atoms with Crippen molar-refractivity contribution in [2.45, 2.75) is 24.4 Å². The Morgan fingerprint density at radius 2 is 2.00 bits per heavy atom. The van der Waals surface area contributed by atoms with Crippen LogP contribution < -0.4 is 10.5 Å². The highest BCUT2D eigenvalue weighted by Gasteiger charge is 2.44. The van der Waals surface area contributed by atoms with Crippen LogP contribution in [0.1, 0.15) is 18.4 Å². The quantitative estimate of drug-likeness (QED) is 0.826. The van der Waals surface area contributed by atoms with E-state index in [0.29, 0.717) is 19.4 Å². The first-order valence-electron chi connectivity index (χ1n) is 5.19. The van der Waals surface area contributed by atoms with Crippen molar-refractivity contribution in [3.8, 4) is 5.75 Å². The normalized spacial score (nSPS) is 29.7. The second-order valence-electron chi connectivity index (χ2n) is 4.22. The summed E-state index contributed by atoms with van der Waals surface area (Å²) in [6.45, 7) is 0.514. The Morgan fingerprint density at radius 1 is 1.40 bits per heavy atom. The maximum Gasteiger partial charge on any atom is 0.118 e. The first kappa shape index (κ1) is 10.4. The van der Waals surface area contributed by atoms with Crippen LogP contribution in [0.25, 0.3) is 0 Å². The summed E-state index contributed by atoms with van der Waals surface area (Å²) in [7, 11) is 1.63. The van der Waals surface area contributed by atoms with Gasteiger partial charge in [0.15, 0.2) is 0 Å². The van der Waals surface area contributed by atoms with Crippen LogP contribution in [0.4, 0.5) is 4.39 Å². The number of halogens is 1. The molecular formula is C12H16FNO. The Balaban J connectivity index is 2.21. The van der Waals surface area contributed by atoms with E-state index in [1.54, 1.807) is 7.11 Å². The summed E-state index contributed by atoms with van der Waals surface area (Å²) < 4.78 is 18.0. The van der Waals surface area contributed by atoms with E-state index in [1.807, 2.05) is 24.3 Å². The number of hydrogen-bond acceptors (Lipinski definition) is 2. The van der Waals surface area contributed by atoms with Gasteiger partial charge >= 0.3 is 0 Å². The minimum Gasteiger partial charge on any atom is -0.497 e. The number of rotatable bonds is 3. The summed E-state index contributed by atoms with van der Waals surface area (Å²) in [6, 6.07) is 7.77. The highest BCUT2D eigenvalue weighted by Crippen LogP contribution is 2.44. The molecular weight excluding hydrogens is 193 g/mol. The number of alkyl halides is 1. The van der Waals surface area contributed by atoms with Crippen molar-refractivity contribution in [3.05, 3.63) is 29.8 Å². The predicted octanol–water partition coefficient (Wildman–Crippen LogP) is 2.02. The van der Waals surface area contributed by atoms with Crippen LogP contribution >= 0.6 is 0 Å². The molecule has 0 unspecified atom stereocenters. The Morgan fingerprint density at radius 3 is 2.40 bits per heavy atom. The molecule has 0 aliphatic heterocycles. The van der Waals surface area contributed by atoms with E-state index in [4.69, 9.17) is 10.5 Å². The van der Waals surface area contributed by atoms with Gasteiger partial charge in [-0.05, 0) is 30.5 Å². The molecule has 0 radical (unpaired) electrons. The van der Waals surface area contributed by atoms with Crippen molar-refractivity contribution < 1.29 is 9.13 Å². The van der Waals surface area contributed by atoms with Crippen LogP contribution in [0, 0.1) is 0 Å². The number of hydrogen-bond donors (Lipinski definition) is 1. The zero-order chi connectivity index (χ0) is 10.9. The first-order chi connectivity index (χ1) is 7.20. The van der Waals surface area contributed by atoms with E-state index < -0.39 is 6.17 Å². The summed E-state index contributed by atoms with van der Waals surface area (Å²) in [5.41, 5.74) is 6.73. The molecule has 2 N–H and O–H groups in total. The van der Waals surface area contributed by atoms with Gasteiger partial charge in [-0.1, -0.05) is 12.1 Å². The zero-order valence-electron chi connectivity index (χ0n) is 8.87. The van der Waals surface area contributed by atoms with E-state index in [9.17, 15) is 4.39 Å². The Bertz CT molecular complexity index is 330. The predicted molar refractivity (Wildman–Crippen MR) is 57.9 cm³/mol. The van der Waals surface area contributed by atoms with E-state index >= 15 is 0 Å². The van der Waals surface area contributed by atoms with Crippen molar-refractivity contribution in [1.82, 2.24) is 0 Å². The fourth-order valence-electron chi connectivity index (χ4n) is 2.25. The minimum absolute atomic E-state index is 0.133. The molecule has 0 bridgehead atoms. The lowest BCUT2D eigenvalue weighted by Gasteiger charge is -2.44. The molecule has 1 aliphatic carbocycles. The average molecular weight is 209 g/mol. The van der Waals surface area contributed by atoms with Gasteiger partial charge in [0.1, 0.15) is 11.9 Å². The third-order valence-corrected chi connectivity index (χ3v) is 3.32. The summed E-state index contributed by atoms with van der Waals surface area (Å²) >= 11 is 0. The Labute approximate surface area is 89.2 Å². The molecule has 2 nitrogen and oxygen atoms in total. The van der Waals surface area contributed by atoms with Gasteiger partial charge in [-0.15, -0.1) is 0 Å². The monoisotopic (exact) mass is 209 g/mol. The molecule has 15 heavy (non-hydrogen) atoms. The largest absolute Gasteiger partial charge is 0.497 e. The van der Waals surface area contributed by atoms with E-state index in [-0.39, 0.29) is 5.41 Å². The third kappa shape index (κ3) is 1.72. The van der Waals surface area contributed by atoms with Gasteiger partial charge in [-0.25, -0.2) is 4.39 Å². The highest BCUT2D eigenvalue weighted by molar-refractivity contribution is 5.35. The van der Waals surface area contributed by atoms with Crippen molar-refractivity contribution >= 4 is 0 Å². The maximum atomic E-state index is 13.0. The van der Waals surface area contributed by atoms with Gasteiger partial charge < -0.3 is 10.5 Å². The molecule has 0 spiro atoms. The highest BCUT2D eigenvalue weighted by atomic mass is 19.1. The maximum absolute atomic E-state index is 13.0. The van der Waals surface area contributed by atoms with Crippen LogP contribution in [0.15, 0.2) is 24.3 Å². The molecule has 0 saturated heterocycles. The standard InChI is InChI=1S/C12H16FNO/c1-15-11-4-2-9(3-5-11)12(8-14)6-10(13)7-12/h2-5,10H,6-8,14H2,1H3. The van der Waals surface area contributed by atoms with E-state index in [1.165, 1.54) is 0 Å². The molecule has 0 aromatic heterocycles. The molecule has 1 fully saturated rings. The average Bonchev–Trinajstić information content (AvgIpc) is 2.25. The van der Waals surface area contributed by atoms with Crippen molar-refractivity contribution in [1.29, 1.82) is 0 Å². The molecule has 0 atom stereocenters. The first-order valence-corrected chi connectivity index (χ1v) is 5.19. The minimum atomic E-state index is -0.685. The van der Waals surface area contributed by atoms with Gasteiger partial charge in [0.05, 0.1) is 7.11 Å². The second-order valence-corrected chi connectivity index (χ2v) is 4.22. The van der Waals surface area contributed by atoms with Gasteiger partial charge in [0.25, 0.3) is 0 Å². The van der Waals surface area contributed by atoms with Gasteiger partial charge in [-0.2, -0.15) is 0 Å². The van der Waals surface area contributed by atoms with Crippen LogP contribution in [-0.4, -0.2) is 19.8 Å². The van der Waals surface area contributed by atoms with Crippen LogP contribution in [0.3, 0.4) is 0 Å². The lowest BCUT2D eigenvalue weighted by molar-refractivity contribution is 0.0997. The summed E-state index contributed by atoms with van der Waals surface area (Å²) in [5, 5.41) is 0. The molecule has 2 rings (SSSR count). The van der Waals surface area contributed by atoms with Crippen molar-refractivity contribution in [2.75, 3.05) is 13.7 Å². The molecule has 1 aromatic rings. The molecule has 0 amide bonds. The van der Waals surface area contributed by atoms with Crippen molar-refractivity contribution in [2.24, 2.45) is 5.73 Å². The fraction of sp³-hybridized carbons (Fsp3) is 0.500. The zero-order valence-corrected chi connectivity index (χ0v) is 8.87. The number of nitrogens with two attached hydrogens (primary N) is 1. The molecule has 1 aromatic carbocycles. The van der Waals surface area contributed by atoms with Crippen LogP contribution in [0.2, 0.25) is 0 Å². The smallest absolute Gasteiger partial charge is 0.118 e. The third-order valence-electron chi connectivity index (χ3n) is 3.32. The number of ether oxygens (including phenoxy) is 1. The fourth-order valence-corrected chi connectivity index (χ4v) is 2.25.